The molecule has 0 radical (unpaired) electrons. The van der Waals surface area contributed by atoms with E-state index in [4.69, 9.17) is 9.92 Å². The predicted octanol–water partition coefficient (Wildman–Crippen LogP) is 7.11. The first kappa shape index (κ1) is 39.5. The summed E-state index contributed by atoms with van der Waals surface area (Å²) in [6, 6.07) is 0.579. The molecule has 4 saturated carbocycles. The van der Waals surface area contributed by atoms with Gasteiger partial charge in [0, 0.05) is 6.04 Å². The van der Waals surface area contributed by atoms with Gasteiger partial charge in [0.15, 0.2) is 0 Å². The molecule has 0 amide bonds. The molecule has 4 aliphatic rings. The van der Waals surface area contributed by atoms with Gasteiger partial charge in [-0.15, -0.1) is 0 Å². The maximum atomic E-state index is 11.8. The fourth-order valence-corrected chi connectivity index (χ4v) is 12.0. The summed E-state index contributed by atoms with van der Waals surface area (Å²) in [6.07, 6.45) is 19.3. The highest BCUT2D eigenvalue weighted by molar-refractivity contribution is 7.80. The molecule has 4 rings (SSSR count). The molecule has 0 aromatic rings. The van der Waals surface area contributed by atoms with E-state index in [1.807, 2.05) is 13.8 Å². The molecule has 0 spiro atoms. The van der Waals surface area contributed by atoms with E-state index < -0.39 is 16.5 Å². The van der Waals surface area contributed by atoms with Crippen LogP contribution >= 0.6 is 0 Å². The van der Waals surface area contributed by atoms with Crippen LogP contribution in [0.2, 0.25) is 0 Å². The lowest BCUT2D eigenvalue weighted by atomic mass is 9.43. The SMILES string of the molecule is CC(C)[C@@H](CC[C@H](C)[C@H]1CCC2C3C(CC[C@@]21C)[C@@]1(C)CC[C@H](NCCCNCCCCCCCCN)CC1C[C@@H]3O)OS(=O)(=O)O. The quantitative estimate of drug-likeness (QED) is 0.0677. The van der Waals surface area contributed by atoms with Crippen molar-refractivity contribution >= 4 is 10.4 Å². The van der Waals surface area contributed by atoms with Gasteiger partial charge in [0.25, 0.3) is 0 Å². The van der Waals surface area contributed by atoms with E-state index in [1.165, 1.54) is 89.9 Å². The van der Waals surface area contributed by atoms with Crippen molar-refractivity contribution in [3.63, 3.8) is 0 Å². The number of aliphatic hydroxyl groups is 1. The molecule has 47 heavy (non-hydrogen) atoms. The molecule has 0 aliphatic heterocycles. The molecular formula is C38H73N3O5S. The number of nitrogens with two attached hydrogens (primary N) is 1. The molecule has 0 heterocycles. The lowest BCUT2D eigenvalue weighted by Gasteiger charge is -2.62. The molecule has 9 heteroatoms. The van der Waals surface area contributed by atoms with Crippen molar-refractivity contribution in [3.8, 4) is 0 Å². The van der Waals surface area contributed by atoms with Crippen molar-refractivity contribution in [1.82, 2.24) is 10.6 Å². The minimum absolute atomic E-state index is 0.0154. The van der Waals surface area contributed by atoms with E-state index in [-0.39, 0.29) is 17.4 Å². The van der Waals surface area contributed by atoms with Gasteiger partial charge in [0.1, 0.15) is 0 Å². The van der Waals surface area contributed by atoms with Crippen LogP contribution in [0, 0.1) is 52.3 Å². The minimum Gasteiger partial charge on any atom is -0.393 e. The van der Waals surface area contributed by atoms with Gasteiger partial charge >= 0.3 is 10.4 Å². The van der Waals surface area contributed by atoms with Gasteiger partial charge in [-0.3, -0.25) is 4.55 Å². The number of nitrogens with one attached hydrogen (secondary N) is 2. The number of aliphatic hydroxyl groups excluding tert-OH is 1. The summed E-state index contributed by atoms with van der Waals surface area (Å²) < 4.78 is 37.2. The van der Waals surface area contributed by atoms with Crippen LogP contribution in [-0.2, 0) is 14.6 Å². The van der Waals surface area contributed by atoms with E-state index in [1.54, 1.807) is 0 Å². The Morgan fingerprint density at radius 2 is 1.49 bits per heavy atom. The van der Waals surface area contributed by atoms with Crippen LogP contribution in [0.5, 0.6) is 0 Å². The van der Waals surface area contributed by atoms with Gasteiger partial charge in [-0.1, -0.05) is 60.3 Å². The van der Waals surface area contributed by atoms with Crippen molar-refractivity contribution in [2.75, 3.05) is 26.2 Å². The zero-order chi connectivity index (χ0) is 34.2. The van der Waals surface area contributed by atoms with E-state index >= 15 is 0 Å². The molecule has 4 aliphatic carbocycles. The Balaban J connectivity index is 1.23. The summed E-state index contributed by atoms with van der Waals surface area (Å²) in [5, 5.41) is 19.4. The van der Waals surface area contributed by atoms with Crippen LogP contribution in [-0.4, -0.2) is 62.5 Å². The molecular weight excluding hydrogens is 611 g/mol. The molecule has 0 aromatic heterocycles. The van der Waals surface area contributed by atoms with Gasteiger partial charge in [0.05, 0.1) is 12.2 Å². The zero-order valence-corrected chi connectivity index (χ0v) is 31.5. The number of fused-ring (bicyclic) bond motifs is 5. The monoisotopic (exact) mass is 684 g/mol. The van der Waals surface area contributed by atoms with Gasteiger partial charge < -0.3 is 21.5 Å². The Labute approximate surface area is 288 Å². The van der Waals surface area contributed by atoms with Crippen LogP contribution in [0.1, 0.15) is 144 Å². The summed E-state index contributed by atoms with van der Waals surface area (Å²) in [7, 11) is -4.46. The summed E-state index contributed by atoms with van der Waals surface area (Å²) in [4.78, 5) is 0. The van der Waals surface area contributed by atoms with Crippen molar-refractivity contribution in [2.45, 2.75) is 162 Å². The number of hydrogen-bond donors (Lipinski definition) is 5. The van der Waals surface area contributed by atoms with Crippen molar-refractivity contribution in [1.29, 1.82) is 0 Å². The highest BCUT2D eigenvalue weighted by Gasteiger charge is 2.62. The smallest absolute Gasteiger partial charge is 0.393 e. The van der Waals surface area contributed by atoms with E-state index in [2.05, 4.69) is 31.4 Å². The molecule has 0 saturated heterocycles. The molecule has 4 unspecified atom stereocenters. The second kappa shape index (κ2) is 17.8. The molecule has 8 nitrogen and oxygen atoms in total. The zero-order valence-electron chi connectivity index (χ0n) is 30.7. The molecule has 276 valence electrons. The second-order valence-corrected chi connectivity index (χ2v) is 18.4. The van der Waals surface area contributed by atoms with E-state index in [0.717, 1.165) is 39.0 Å². The average Bonchev–Trinajstić information content (AvgIpc) is 3.36. The third kappa shape index (κ3) is 10.2. The molecule has 4 fully saturated rings. The largest absolute Gasteiger partial charge is 0.397 e. The Hall–Kier alpha value is -0.290. The maximum absolute atomic E-state index is 11.8. The van der Waals surface area contributed by atoms with Crippen LogP contribution in [0.25, 0.3) is 0 Å². The maximum Gasteiger partial charge on any atom is 0.397 e. The van der Waals surface area contributed by atoms with Crippen molar-refractivity contribution in [2.24, 2.45) is 58.0 Å². The third-order valence-electron chi connectivity index (χ3n) is 14.1. The normalized spacial score (nSPS) is 36.9. The Bertz CT molecular complexity index is 1040. The van der Waals surface area contributed by atoms with Crippen LogP contribution < -0.4 is 16.4 Å². The second-order valence-electron chi connectivity index (χ2n) is 17.3. The first-order chi connectivity index (χ1) is 22.3. The molecule has 11 atom stereocenters. The summed E-state index contributed by atoms with van der Waals surface area (Å²) >= 11 is 0. The first-order valence-electron chi connectivity index (χ1n) is 19.8. The Morgan fingerprint density at radius 1 is 0.830 bits per heavy atom. The highest BCUT2D eigenvalue weighted by Crippen LogP contribution is 2.68. The Kier molecular flexibility index (Phi) is 14.9. The van der Waals surface area contributed by atoms with E-state index in [9.17, 15) is 18.1 Å². The summed E-state index contributed by atoms with van der Waals surface area (Å²) in [6.45, 7) is 15.5. The number of unbranched alkanes of at least 4 members (excludes halogenated alkanes) is 5. The highest BCUT2D eigenvalue weighted by atomic mass is 32.3. The predicted molar refractivity (Wildman–Crippen MR) is 192 cm³/mol. The third-order valence-corrected chi connectivity index (χ3v) is 14.6. The Morgan fingerprint density at radius 3 is 2.19 bits per heavy atom. The number of rotatable bonds is 20. The minimum atomic E-state index is -4.46. The fourth-order valence-electron chi connectivity index (χ4n) is 11.4. The van der Waals surface area contributed by atoms with Gasteiger partial charge in [-0.25, -0.2) is 4.18 Å². The average molecular weight is 684 g/mol. The van der Waals surface area contributed by atoms with Crippen LogP contribution in [0.15, 0.2) is 0 Å². The molecule has 0 bridgehead atoms. The summed E-state index contributed by atoms with van der Waals surface area (Å²) in [5.74, 6) is 3.22. The lowest BCUT2D eigenvalue weighted by molar-refractivity contribution is -0.167. The number of hydrogen-bond acceptors (Lipinski definition) is 7. The fraction of sp³-hybridized carbons (Fsp3) is 1.00. The topological polar surface area (TPSA) is 134 Å². The first-order valence-corrected chi connectivity index (χ1v) is 21.1. The standard InChI is InChI=1S/C38H73N3O5S/c1-27(2)35(46-47(43,44)45)16-13-28(3)31-14-15-32-36-33(18-20-38(31,32)5)37(4)19-17-30(25-29(37)26-34(36)42)41-24-12-23-40-22-11-9-7-6-8-10-21-39/h27-36,40-42H,6-26,39H2,1-5H3,(H,43,44,45)/t28-,29?,30-,31+,32?,33?,34-,35+,36?,37-,38+/m0/s1. The van der Waals surface area contributed by atoms with E-state index in [0.29, 0.717) is 53.4 Å². The summed E-state index contributed by atoms with van der Waals surface area (Å²) in [5.41, 5.74) is 6.13. The van der Waals surface area contributed by atoms with Gasteiger partial charge in [-0.05, 0) is 162 Å². The molecule has 6 N–H and O–H groups in total. The van der Waals surface area contributed by atoms with Crippen molar-refractivity contribution in [3.05, 3.63) is 0 Å². The van der Waals surface area contributed by atoms with Gasteiger partial charge in [0.2, 0.25) is 0 Å². The van der Waals surface area contributed by atoms with Crippen molar-refractivity contribution < 1.29 is 22.3 Å². The molecule has 0 aromatic carbocycles. The van der Waals surface area contributed by atoms with Crippen LogP contribution in [0.3, 0.4) is 0 Å². The van der Waals surface area contributed by atoms with Gasteiger partial charge in [-0.2, -0.15) is 8.42 Å². The van der Waals surface area contributed by atoms with Crippen LogP contribution in [0.4, 0.5) is 0 Å². The lowest BCUT2D eigenvalue weighted by Crippen LogP contribution is -2.59.